The van der Waals surface area contributed by atoms with Crippen molar-refractivity contribution in [3.8, 4) is 0 Å². The second kappa shape index (κ2) is 5.70. The van der Waals surface area contributed by atoms with Crippen LogP contribution in [0.25, 0.3) is 0 Å². The zero-order valence-corrected chi connectivity index (χ0v) is 14.9. The highest BCUT2D eigenvalue weighted by Gasteiger charge is 2.47. The molecule has 0 saturated carbocycles. The molecule has 0 aromatic heterocycles. The summed E-state index contributed by atoms with van der Waals surface area (Å²) in [6.45, 7) is 1.80. The fourth-order valence-corrected chi connectivity index (χ4v) is 5.17. The predicted octanol–water partition coefficient (Wildman–Crippen LogP) is 3.08. The van der Waals surface area contributed by atoms with E-state index in [1.165, 1.54) is 11.3 Å². The molecule has 4 aliphatic rings. The molecular formula is C20H25N5. The fourth-order valence-electron chi connectivity index (χ4n) is 5.17. The highest BCUT2D eigenvalue weighted by Crippen LogP contribution is 2.46. The summed E-state index contributed by atoms with van der Waals surface area (Å²) in [7, 11) is 4.36. The molecule has 1 aromatic rings. The van der Waals surface area contributed by atoms with Gasteiger partial charge < -0.3 is 14.7 Å². The Morgan fingerprint density at radius 3 is 2.96 bits per heavy atom. The Kier molecular flexibility index (Phi) is 3.45. The Morgan fingerprint density at radius 2 is 2.08 bits per heavy atom. The van der Waals surface area contributed by atoms with Crippen LogP contribution < -0.4 is 4.90 Å². The molecule has 130 valence electrons. The van der Waals surface area contributed by atoms with Gasteiger partial charge in [0.05, 0.1) is 0 Å². The molecule has 1 aromatic carbocycles. The lowest BCUT2D eigenvalue weighted by Gasteiger charge is -2.43. The molecule has 0 saturated heterocycles. The normalized spacial score (nSPS) is 32.2. The third-order valence-corrected chi connectivity index (χ3v) is 6.11. The molecular weight excluding hydrogens is 310 g/mol. The van der Waals surface area contributed by atoms with E-state index in [1.807, 2.05) is 0 Å². The number of rotatable bonds is 2. The van der Waals surface area contributed by atoms with Crippen LogP contribution in [0.4, 0.5) is 5.69 Å². The third kappa shape index (κ3) is 2.33. The van der Waals surface area contributed by atoms with Gasteiger partial charge in [-0.25, -0.2) is 0 Å². The van der Waals surface area contributed by atoms with Crippen molar-refractivity contribution in [2.45, 2.75) is 24.9 Å². The predicted molar refractivity (Wildman–Crippen MR) is 99.1 cm³/mol. The highest BCUT2D eigenvalue weighted by atomic mass is 15.4. The van der Waals surface area contributed by atoms with Crippen LogP contribution in [0.5, 0.6) is 0 Å². The Hall–Kier alpha value is -2.14. The highest BCUT2D eigenvalue weighted by molar-refractivity contribution is 5.62. The summed E-state index contributed by atoms with van der Waals surface area (Å²) in [4.78, 5) is 7.24. The van der Waals surface area contributed by atoms with Crippen molar-refractivity contribution >= 4 is 5.69 Å². The first kappa shape index (κ1) is 15.1. The Labute approximate surface area is 149 Å². The zero-order valence-electron chi connectivity index (χ0n) is 14.9. The molecule has 25 heavy (non-hydrogen) atoms. The van der Waals surface area contributed by atoms with Gasteiger partial charge in [-0.2, -0.15) is 5.11 Å². The molecule has 0 amide bonds. The minimum Gasteiger partial charge on any atom is -0.340 e. The monoisotopic (exact) mass is 335 g/mol. The second-order valence-electron chi connectivity index (χ2n) is 7.88. The number of fused-ring (bicyclic) bond motifs is 7. The quantitative estimate of drug-likeness (QED) is 0.779. The summed E-state index contributed by atoms with van der Waals surface area (Å²) in [5.41, 5.74) is 2.81. The summed E-state index contributed by atoms with van der Waals surface area (Å²) in [5, 5.41) is 8.80. The van der Waals surface area contributed by atoms with Gasteiger partial charge >= 0.3 is 0 Å². The summed E-state index contributed by atoms with van der Waals surface area (Å²) in [5.74, 6) is 2.18. The van der Waals surface area contributed by atoms with Gasteiger partial charge in [0.2, 0.25) is 0 Å². The molecule has 5 rings (SSSR count). The number of hydrogen-bond acceptors (Lipinski definition) is 5. The third-order valence-electron chi connectivity index (χ3n) is 6.11. The minimum absolute atomic E-state index is 0.487. The van der Waals surface area contributed by atoms with Gasteiger partial charge in [0.25, 0.3) is 0 Å². The molecule has 5 nitrogen and oxygen atoms in total. The first-order valence-corrected chi connectivity index (χ1v) is 9.26. The van der Waals surface area contributed by atoms with Gasteiger partial charge in [-0.15, -0.1) is 5.11 Å². The molecule has 4 atom stereocenters. The van der Waals surface area contributed by atoms with E-state index in [0.717, 1.165) is 25.2 Å². The lowest BCUT2D eigenvalue weighted by Crippen LogP contribution is -2.51. The maximum Gasteiger partial charge on any atom is 0.169 e. The van der Waals surface area contributed by atoms with Crippen molar-refractivity contribution in [2.24, 2.45) is 22.1 Å². The van der Waals surface area contributed by atoms with Crippen LogP contribution in [0.15, 0.2) is 58.7 Å². The van der Waals surface area contributed by atoms with Gasteiger partial charge in [-0.1, -0.05) is 30.4 Å². The molecule has 5 heteroatoms. The summed E-state index contributed by atoms with van der Waals surface area (Å²) in [6, 6.07) is 9.84. The van der Waals surface area contributed by atoms with Crippen LogP contribution in [0, 0.1) is 11.8 Å². The lowest BCUT2D eigenvalue weighted by atomic mass is 9.74. The van der Waals surface area contributed by atoms with Crippen LogP contribution in [-0.2, 0) is 6.42 Å². The maximum absolute atomic E-state index is 4.46. The van der Waals surface area contributed by atoms with E-state index in [-0.39, 0.29) is 0 Å². The van der Waals surface area contributed by atoms with E-state index in [9.17, 15) is 0 Å². The molecule has 3 aliphatic heterocycles. The van der Waals surface area contributed by atoms with Crippen LogP contribution in [0.3, 0.4) is 0 Å². The molecule has 1 aliphatic carbocycles. The van der Waals surface area contributed by atoms with Gasteiger partial charge in [0, 0.05) is 36.4 Å². The number of anilines is 1. The topological polar surface area (TPSA) is 34.4 Å². The molecule has 0 N–H and O–H groups in total. The van der Waals surface area contributed by atoms with Gasteiger partial charge in [-0.05, 0) is 44.5 Å². The second-order valence-corrected chi connectivity index (χ2v) is 7.88. The van der Waals surface area contributed by atoms with Crippen LogP contribution in [0.2, 0.25) is 0 Å². The number of azo groups is 1. The largest absolute Gasteiger partial charge is 0.340 e. The molecule has 0 bridgehead atoms. The van der Waals surface area contributed by atoms with E-state index in [4.69, 9.17) is 0 Å². The lowest BCUT2D eigenvalue weighted by molar-refractivity contribution is 0.130. The molecule has 0 radical (unpaired) electrons. The van der Waals surface area contributed by atoms with Crippen molar-refractivity contribution in [1.29, 1.82) is 0 Å². The van der Waals surface area contributed by atoms with E-state index in [1.54, 1.807) is 0 Å². The van der Waals surface area contributed by atoms with Gasteiger partial charge in [0.15, 0.2) is 5.82 Å². The van der Waals surface area contributed by atoms with Crippen molar-refractivity contribution in [1.82, 2.24) is 9.80 Å². The van der Waals surface area contributed by atoms with Crippen molar-refractivity contribution in [3.05, 3.63) is 54.0 Å². The smallest absolute Gasteiger partial charge is 0.169 e. The first-order valence-electron chi connectivity index (χ1n) is 9.26. The van der Waals surface area contributed by atoms with Gasteiger partial charge in [0.1, 0.15) is 6.67 Å². The summed E-state index contributed by atoms with van der Waals surface area (Å²) >= 11 is 0. The van der Waals surface area contributed by atoms with Crippen LogP contribution >= 0.6 is 0 Å². The van der Waals surface area contributed by atoms with E-state index < -0.39 is 0 Å². The Bertz CT molecular complexity index is 765. The van der Waals surface area contributed by atoms with E-state index >= 15 is 0 Å². The van der Waals surface area contributed by atoms with Crippen molar-refractivity contribution in [3.63, 3.8) is 0 Å². The molecule has 0 fully saturated rings. The van der Waals surface area contributed by atoms with Crippen molar-refractivity contribution in [2.75, 3.05) is 32.2 Å². The molecule has 0 spiro atoms. The Balaban J connectivity index is 1.61. The van der Waals surface area contributed by atoms with E-state index in [2.05, 4.69) is 81.6 Å². The summed E-state index contributed by atoms with van der Waals surface area (Å²) in [6.07, 6.45) is 9.31. The maximum atomic E-state index is 4.46. The number of benzene rings is 1. The standard InChI is InChI=1S/C20H25N5/c1-23(2)11-15-7-5-9-17-20(15)18-10-14-6-3-4-8-16(14)24(18)12-19-22-21-13-25(17)19/h3-8,12,15,17-18,20H,9-11,13H2,1-2H3. The average molecular weight is 335 g/mol. The van der Waals surface area contributed by atoms with Crippen LogP contribution in [0.1, 0.15) is 12.0 Å². The summed E-state index contributed by atoms with van der Waals surface area (Å²) < 4.78 is 0. The number of para-hydroxylation sites is 1. The fraction of sp³-hybridized carbons (Fsp3) is 0.500. The van der Waals surface area contributed by atoms with Crippen molar-refractivity contribution < 1.29 is 0 Å². The average Bonchev–Trinajstić information content (AvgIpc) is 3.17. The van der Waals surface area contributed by atoms with Crippen LogP contribution in [-0.4, -0.2) is 49.2 Å². The van der Waals surface area contributed by atoms with Gasteiger partial charge in [-0.3, -0.25) is 0 Å². The zero-order chi connectivity index (χ0) is 17.0. The SMILES string of the molecule is CN(C)CC1C=CCC2C1C1Cc3ccccc3N1C=C1N=NCN12. The molecule has 3 heterocycles. The number of nitrogens with zero attached hydrogens (tertiary/aromatic N) is 5. The molecule has 4 unspecified atom stereocenters. The Morgan fingerprint density at radius 1 is 1.20 bits per heavy atom. The minimum atomic E-state index is 0.487. The first-order chi connectivity index (χ1) is 12.2. The van der Waals surface area contributed by atoms with E-state index in [0.29, 0.717) is 30.6 Å². The number of hydrogen-bond donors (Lipinski definition) is 0.